The van der Waals surface area contributed by atoms with Crippen molar-refractivity contribution in [2.24, 2.45) is 40.4 Å². The van der Waals surface area contributed by atoms with Crippen LogP contribution in [-0.2, 0) is 4.79 Å². The first kappa shape index (κ1) is 18.1. The molecule has 4 rings (SSSR count). The predicted molar refractivity (Wildman–Crippen MR) is 104 cm³/mol. The van der Waals surface area contributed by atoms with Gasteiger partial charge in [-0.25, -0.2) is 0 Å². The van der Waals surface area contributed by atoms with E-state index in [0.29, 0.717) is 22.5 Å². The lowest BCUT2D eigenvalue weighted by Crippen LogP contribution is -2.53. The van der Waals surface area contributed by atoms with Gasteiger partial charge in [0.05, 0.1) is 0 Å². The molecule has 0 amide bonds. The lowest BCUT2D eigenvalue weighted by Gasteiger charge is -2.60. The number of carbonyl (C=O) groups is 1. The maximum Gasteiger partial charge on any atom is 0.136 e. The largest absolute Gasteiger partial charge is 0.299 e. The van der Waals surface area contributed by atoms with Crippen LogP contribution in [0.3, 0.4) is 0 Å². The molecule has 0 aromatic rings. The highest BCUT2D eigenvalue weighted by Crippen LogP contribution is 2.67. The van der Waals surface area contributed by atoms with E-state index < -0.39 is 0 Å². The second-order valence-corrected chi connectivity index (χ2v) is 10.6. The minimum Gasteiger partial charge on any atom is -0.299 e. The van der Waals surface area contributed by atoms with Crippen molar-refractivity contribution in [3.63, 3.8) is 0 Å². The molecule has 0 aromatic carbocycles. The van der Waals surface area contributed by atoms with Crippen molar-refractivity contribution in [1.29, 1.82) is 0 Å². The minimum atomic E-state index is 0.337. The molecule has 25 heavy (non-hydrogen) atoms. The molecular formula is C24H40O. The van der Waals surface area contributed by atoms with Gasteiger partial charge in [-0.05, 0) is 92.3 Å². The van der Waals surface area contributed by atoms with Crippen molar-refractivity contribution in [2.75, 3.05) is 0 Å². The molecule has 0 saturated heterocycles. The maximum absolute atomic E-state index is 12.9. The SMILES string of the molecule is CCCCC(=O)[C@H]1CC[C@H]2[C@@H]3CC[C@H]4CCCC[C@]4(C)[C@H]3CC[C@]12C. The summed E-state index contributed by atoms with van der Waals surface area (Å²) in [6.45, 7) is 7.39. The number of rotatable bonds is 4. The summed E-state index contributed by atoms with van der Waals surface area (Å²) in [5, 5.41) is 0. The van der Waals surface area contributed by atoms with Crippen molar-refractivity contribution in [2.45, 2.75) is 104 Å². The number of fused-ring (bicyclic) bond motifs is 5. The summed E-state index contributed by atoms with van der Waals surface area (Å²) in [5.41, 5.74) is 0.969. The molecule has 1 heteroatoms. The number of hydrogen-bond acceptors (Lipinski definition) is 1. The molecule has 142 valence electrons. The smallest absolute Gasteiger partial charge is 0.136 e. The second-order valence-electron chi connectivity index (χ2n) is 10.6. The maximum atomic E-state index is 12.9. The van der Waals surface area contributed by atoms with E-state index in [1.54, 1.807) is 0 Å². The zero-order valence-corrected chi connectivity index (χ0v) is 17.0. The topological polar surface area (TPSA) is 17.1 Å². The Morgan fingerprint density at radius 2 is 1.68 bits per heavy atom. The van der Waals surface area contributed by atoms with E-state index in [1.807, 2.05) is 0 Å². The minimum absolute atomic E-state index is 0.337. The van der Waals surface area contributed by atoms with Crippen LogP contribution in [0.25, 0.3) is 0 Å². The molecule has 0 radical (unpaired) electrons. The monoisotopic (exact) mass is 344 g/mol. The molecular weight excluding hydrogens is 304 g/mol. The zero-order chi connectivity index (χ0) is 17.7. The molecule has 0 bridgehead atoms. The van der Waals surface area contributed by atoms with Crippen LogP contribution in [0.4, 0.5) is 0 Å². The highest BCUT2D eigenvalue weighted by molar-refractivity contribution is 5.82. The van der Waals surface area contributed by atoms with Gasteiger partial charge in [-0.15, -0.1) is 0 Å². The van der Waals surface area contributed by atoms with Crippen LogP contribution in [-0.4, -0.2) is 5.78 Å². The van der Waals surface area contributed by atoms with E-state index in [0.717, 1.165) is 42.9 Å². The molecule has 0 aliphatic heterocycles. The lowest BCUT2D eigenvalue weighted by atomic mass is 9.45. The van der Waals surface area contributed by atoms with Gasteiger partial charge >= 0.3 is 0 Å². The van der Waals surface area contributed by atoms with E-state index in [9.17, 15) is 4.79 Å². The Morgan fingerprint density at radius 1 is 0.880 bits per heavy atom. The van der Waals surface area contributed by atoms with Gasteiger partial charge in [-0.3, -0.25) is 4.79 Å². The number of Topliss-reactive ketones (excluding diaryl/α,β-unsaturated/α-hetero) is 1. The van der Waals surface area contributed by atoms with Gasteiger partial charge in [0.2, 0.25) is 0 Å². The van der Waals surface area contributed by atoms with Gasteiger partial charge in [-0.1, -0.05) is 40.0 Å². The summed E-state index contributed by atoms with van der Waals surface area (Å²) in [6, 6.07) is 0. The normalized spacial score (nSPS) is 49.2. The molecule has 4 aliphatic rings. The fourth-order valence-corrected chi connectivity index (χ4v) is 8.35. The number of unbranched alkanes of at least 4 members (excludes halogenated alkanes) is 1. The average Bonchev–Trinajstić information content (AvgIpc) is 2.96. The Bertz CT molecular complexity index is 510. The molecule has 1 nitrogen and oxygen atoms in total. The zero-order valence-electron chi connectivity index (χ0n) is 17.0. The molecule has 4 aliphatic carbocycles. The van der Waals surface area contributed by atoms with E-state index in [1.165, 1.54) is 64.2 Å². The van der Waals surface area contributed by atoms with Crippen molar-refractivity contribution in [3.8, 4) is 0 Å². The summed E-state index contributed by atoms with van der Waals surface area (Å²) in [7, 11) is 0. The first-order valence-corrected chi connectivity index (χ1v) is 11.5. The Kier molecular flexibility index (Phi) is 4.82. The summed E-state index contributed by atoms with van der Waals surface area (Å²) < 4.78 is 0. The highest BCUT2D eigenvalue weighted by Gasteiger charge is 2.60. The van der Waals surface area contributed by atoms with Crippen molar-refractivity contribution in [1.82, 2.24) is 0 Å². The average molecular weight is 345 g/mol. The van der Waals surface area contributed by atoms with Crippen LogP contribution in [0.15, 0.2) is 0 Å². The third-order valence-corrected chi connectivity index (χ3v) is 9.75. The molecule has 0 spiro atoms. The Balaban J connectivity index is 1.54. The molecule has 0 aromatic heterocycles. The van der Waals surface area contributed by atoms with Crippen LogP contribution in [0.1, 0.15) is 104 Å². The molecule has 0 heterocycles. The Morgan fingerprint density at radius 3 is 2.48 bits per heavy atom. The molecule has 0 unspecified atom stereocenters. The van der Waals surface area contributed by atoms with E-state index in [2.05, 4.69) is 20.8 Å². The molecule has 7 atom stereocenters. The van der Waals surface area contributed by atoms with E-state index in [4.69, 9.17) is 0 Å². The van der Waals surface area contributed by atoms with Gasteiger partial charge in [0.25, 0.3) is 0 Å². The van der Waals surface area contributed by atoms with Crippen LogP contribution in [0.5, 0.6) is 0 Å². The van der Waals surface area contributed by atoms with Gasteiger partial charge in [0, 0.05) is 12.3 Å². The van der Waals surface area contributed by atoms with Gasteiger partial charge in [0.15, 0.2) is 0 Å². The lowest BCUT2D eigenvalue weighted by molar-refractivity contribution is -0.135. The standard InChI is InChI=1S/C24H40O/c1-4-5-9-22(25)21-13-12-19-18-11-10-17-8-6-7-15-23(17,2)20(18)14-16-24(19,21)3/h17-21H,4-16H2,1-3H3/t17-,18+,19+,20+,21-,23+,24+/m1/s1. The van der Waals surface area contributed by atoms with E-state index >= 15 is 0 Å². The highest BCUT2D eigenvalue weighted by atomic mass is 16.1. The first-order valence-electron chi connectivity index (χ1n) is 11.5. The number of ketones is 1. The summed E-state index contributed by atoms with van der Waals surface area (Å²) >= 11 is 0. The second kappa shape index (κ2) is 6.68. The van der Waals surface area contributed by atoms with E-state index in [-0.39, 0.29) is 0 Å². The third kappa shape index (κ3) is 2.74. The van der Waals surface area contributed by atoms with Crippen molar-refractivity contribution >= 4 is 5.78 Å². The molecule has 0 N–H and O–H groups in total. The Labute approximate surface area is 155 Å². The Hall–Kier alpha value is -0.330. The van der Waals surface area contributed by atoms with Crippen LogP contribution >= 0.6 is 0 Å². The summed E-state index contributed by atoms with van der Waals surface area (Å²) in [4.78, 5) is 12.9. The fourth-order valence-electron chi connectivity index (χ4n) is 8.35. The van der Waals surface area contributed by atoms with Gasteiger partial charge in [-0.2, -0.15) is 0 Å². The van der Waals surface area contributed by atoms with Crippen molar-refractivity contribution < 1.29 is 4.79 Å². The number of carbonyl (C=O) groups excluding carboxylic acids is 1. The molecule has 4 fully saturated rings. The van der Waals surface area contributed by atoms with Gasteiger partial charge in [0.1, 0.15) is 5.78 Å². The summed E-state index contributed by atoms with van der Waals surface area (Å²) in [6.07, 6.45) is 17.3. The molecule has 4 saturated carbocycles. The summed E-state index contributed by atoms with van der Waals surface area (Å²) in [5.74, 6) is 4.76. The van der Waals surface area contributed by atoms with Gasteiger partial charge < -0.3 is 0 Å². The van der Waals surface area contributed by atoms with Crippen LogP contribution in [0, 0.1) is 40.4 Å². The number of hydrogen-bond donors (Lipinski definition) is 0. The first-order chi connectivity index (χ1) is 12.0. The van der Waals surface area contributed by atoms with Crippen LogP contribution in [0.2, 0.25) is 0 Å². The van der Waals surface area contributed by atoms with Crippen LogP contribution < -0.4 is 0 Å². The third-order valence-electron chi connectivity index (χ3n) is 9.75. The fraction of sp³-hybridized carbons (Fsp3) is 0.958. The predicted octanol–water partition coefficient (Wildman–Crippen LogP) is 6.79. The van der Waals surface area contributed by atoms with Crippen molar-refractivity contribution in [3.05, 3.63) is 0 Å². The quantitative estimate of drug-likeness (QED) is 0.548.